The molecule has 0 amide bonds. The summed E-state index contributed by atoms with van der Waals surface area (Å²) in [6.45, 7) is 1.85. The van der Waals surface area contributed by atoms with Gasteiger partial charge in [-0.2, -0.15) is 0 Å². The first-order chi connectivity index (χ1) is 11.4. The molecular formula is C16H11Br2F2N3O. The molecule has 0 atom stereocenters. The molecule has 8 heteroatoms. The molecule has 1 aromatic carbocycles. The molecule has 0 aliphatic heterocycles. The molecule has 0 spiro atoms. The molecular weight excluding hydrogens is 448 g/mol. The van der Waals surface area contributed by atoms with E-state index in [0.717, 1.165) is 17.8 Å². The number of methoxy groups -OCH3 is 1. The van der Waals surface area contributed by atoms with Crippen molar-refractivity contribution in [2.45, 2.75) is 6.92 Å². The quantitative estimate of drug-likeness (QED) is 0.551. The van der Waals surface area contributed by atoms with Crippen LogP contribution in [0.5, 0.6) is 5.75 Å². The van der Waals surface area contributed by atoms with Crippen LogP contribution in [0.3, 0.4) is 0 Å². The zero-order chi connectivity index (χ0) is 17.4. The number of rotatable bonds is 3. The predicted molar refractivity (Wildman–Crippen MR) is 93.4 cm³/mol. The summed E-state index contributed by atoms with van der Waals surface area (Å²) in [6, 6.07) is 5.86. The van der Waals surface area contributed by atoms with Crippen molar-refractivity contribution in [2.75, 3.05) is 7.11 Å². The number of hydrogen-bond acceptors (Lipinski definition) is 3. The molecule has 0 aliphatic carbocycles. The Morgan fingerprint density at radius 3 is 2.33 bits per heavy atom. The van der Waals surface area contributed by atoms with Gasteiger partial charge in [-0.1, -0.05) is 0 Å². The van der Waals surface area contributed by atoms with Gasteiger partial charge < -0.3 is 4.74 Å². The fourth-order valence-electron chi connectivity index (χ4n) is 2.31. The highest BCUT2D eigenvalue weighted by Gasteiger charge is 2.24. The van der Waals surface area contributed by atoms with Gasteiger partial charge in [-0.25, -0.2) is 13.8 Å². The van der Waals surface area contributed by atoms with Gasteiger partial charge >= 0.3 is 0 Å². The van der Waals surface area contributed by atoms with E-state index in [-0.39, 0.29) is 17.0 Å². The summed E-state index contributed by atoms with van der Waals surface area (Å²) < 4.78 is 36.2. The topological polar surface area (TPSA) is 39.9 Å². The number of aromatic nitrogens is 3. The molecule has 0 unspecified atom stereocenters. The molecule has 0 bridgehead atoms. The molecule has 0 aliphatic rings. The first-order valence-corrected chi connectivity index (χ1v) is 8.41. The summed E-state index contributed by atoms with van der Waals surface area (Å²) in [5, 5.41) is 0. The van der Waals surface area contributed by atoms with E-state index < -0.39 is 11.6 Å². The largest absolute Gasteiger partial charge is 0.497 e. The normalized spacial score (nSPS) is 10.9. The minimum Gasteiger partial charge on any atom is -0.497 e. The molecule has 0 fully saturated rings. The molecule has 3 rings (SSSR count). The van der Waals surface area contributed by atoms with Crippen LogP contribution in [0.1, 0.15) is 5.69 Å². The Kier molecular flexibility index (Phi) is 4.69. The Labute approximate surface area is 153 Å². The van der Waals surface area contributed by atoms with Crippen LogP contribution in [0.25, 0.3) is 16.9 Å². The second kappa shape index (κ2) is 6.60. The van der Waals surface area contributed by atoms with Crippen molar-refractivity contribution < 1.29 is 13.5 Å². The minimum atomic E-state index is -0.749. The highest BCUT2D eigenvalue weighted by Crippen LogP contribution is 2.38. The lowest BCUT2D eigenvalue weighted by Crippen LogP contribution is -2.02. The predicted octanol–water partition coefficient (Wildman–Crippen LogP) is 5.05. The molecule has 124 valence electrons. The number of pyridine rings is 1. The van der Waals surface area contributed by atoms with E-state index in [4.69, 9.17) is 4.74 Å². The van der Waals surface area contributed by atoms with E-state index >= 15 is 0 Å². The van der Waals surface area contributed by atoms with Crippen LogP contribution in [-0.2, 0) is 0 Å². The molecule has 2 aromatic heterocycles. The Hall–Kier alpha value is -1.80. The summed E-state index contributed by atoms with van der Waals surface area (Å²) in [5.74, 6) is -1.39. The minimum absolute atomic E-state index is 0.104. The van der Waals surface area contributed by atoms with Crippen LogP contribution in [-0.4, -0.2) is 21.6 Å². The van der Waals surface area contributed by atoms with E-state index in [1.165, 1.54) is 7.11 Å². The van der Waals surface area contributed by atoms with Crippen molar-refractivity contribution in [3.63, 3.8) is 0 Å². The van der Waals surface area contributed by atoms with Crippen molar-refractivity contribution in [2.24, 2.45) is 0 Å². The zero-order valence-corrected chi connectivity index (χ0v) is 15.8. The third-order valence-electron chi connectivity index (χ3n) is 3.44. The van der Waals surface area contributed by atoms with Gasteiger partial charge in [-0.05, 0) is 50.9 Å². The highest BCUT2D eigenvalue weighted by atomic mass is 79.9. The van der Waals surface area contributed by atoms with Gasteiger partial charge in [0.15, 0.2) is 4.73 Å². The standard InChI is InChI=1S/C16H11Br2F2N3O/c1-8-3-4-9(7-21-8)23-14(15(17)22-16(23)18)13-11(19)5-10(24-2)6-12(13)20/h3-7H,1-2H3. The van der Waals surface area contributed by atoms with Gasteiger partial charge in [0.25, 0.3) is 0 Å². The zero-order valence-electron chi connectivity index (χ0n) is 12.6. The monoisotopic (exact) mass is 457 g/mol. The molecule has 2 heterocycles. The Morgan fingerprint density at radius 2 is 1.79 bits per heavy atom. The second-order valence-electron chi connectivity index (χ2n) is 4.98. The summed E-state index contributed by atoms with van der Waals surface area (Å²) in [5.41, 5.74) is 1.49. The fraction of sp³-hybridized carbons (Fsp3) is 0.125. The smallest absolute Gasteiger partial charge is 0.183 e. The Morgan fingerprint density at radius 1 is 1.12 bits per heavy atom. The van der Waals surface area contributed by atoms with Crippen molar-refractivity contribution >= 4 is 31.9 Å². The van der Waals surface area contributed by atoms with Gasteiger partial charge in [0, 0.05) is 17.8 Å². The van der Waals surface area contributed by atoms with E-state index in [0.29, 0.717) is 15.0 Å². The number of benzene rings is 1. The van der Waals surface area contributed by atoms with Gasteiger partial charge in [0.2, 0.25) is 0 Å². The first-order valence-electron chi connectivity index (χ1n) is 6.82. The lowest BCUT2D eigenvalue weighted by atomic mass is 10.1. The summed E-state index contributed by atoms with van der Waals surface area (Å²) >= 11 is 6.60. The highest BCUT2D eigenvalue weighted by molar-refractivity contribution is 9.11. The molecule has 0 saturated carbocycles. The van der Waals surface area contributed by atoms with E-state index in [2.05, 4.69) is 41.8 Å². The molecule has 0 N–H and O–H groups in total. The van der Waals surface area contributed by atoms with Crippen LogP contribution < -0.4 is 4.74 Å². The number of hydrogen-bond donors (Lipinski definition) is 0. The molecule has 0 saturated heterocycles. The first kappa shape index (κ1) is 17.0. The second-order valence-corrected chi connectivity index (χ2v) is 6.44. The van der Waals surface area contributed by atoms with Gasteiger partial charge in [0.1, 0.15) is 22.0 Å². The van der Waals surface area contributed by atoms with Crippen molar-refractivity contribution in [1.29, 1.82) is 0 Å². The fourth-order valence-corrected chi connectivity index (χ4v) is 3.65. The average Bonchev–Trinajstić information content (AvgIpc) is 2.82. The van der Waals surface area contributed by atoms with E-state index in [1.54, 1.807) is 22.9 Å². The number of ether oxygens (including phenoxy) is 1. The molecule has 3 aromatic rings. The third kappa shape index (κ3) is 2.95. The van der Waals surface area contributed by atoms with Crippen molar-refractivity contribution in [3.05, 3.63) is 57.1 Å². The molecule has 24 heavy (non-hydrogen) atoms. The lowest BCUT2D eigenvalue weighted by Gasteiger charge is -2.12. The third-order valence-corrected chi connectivity index (χ3v) is 4.52. The SMILES string of the molecule is COc1cc(F)c(-c2c(Br)nc(Br)n2-c2ccc(C)nc2)c(F)c1. The van der Waals surface area contributed by atoms with Gasteiger partial charge in [-0.15, -0.1) is 0 Å². The number of imidazole rings is 1. The summed E-state index contributed by atoms with van der Waals surface area (Å²) in [6.07, 6.45) is 1.61. The number of aryl methyl sites for hydroxylation is 1. The van der Waals surface area contributed by atoms with Gasteiger partial charge in [0.05, 0.1) is 30.3 Å². The van der Waals surface area contributed by atoms with E-state index in [1.807, 2.05) is 6.92 Å². The van der Waals surface area contributed by atoms with E-state index in [9.17, 15) is 8.78 Å². The van der Waals surface area contributed by atoms with Crippen LogP contribution in [0, 0.1) is 18.6 Å². The summed E-state index contributed by atoms with van der Waals surface area (Å²) in [7, 11) is 1.35. The number of nitrogens with zero attached hydrogens (tertiary/aromatic N) is 3. The molecule has 4 nitrogen and oxygen atoms in total. The maximum Gasteiger partial charge on any atom is 0.183 e. The van der Waals surface area contributed by atoms with Crippen LogP contribution in [0.2, 0.25) is 0 Å². The average molecular weight is 459 g/mol. The maximum atomic E-state index is 14.5. The Bertz CT molecular complexity index is 887. The number of halogens is 4. The van der Waals surface area contributed by atoms with Crippen molar-refractivity contribution in [3.8, 4) is 22.7 Å². The maximum absolute atomic E-state index is 14.5. The van der Waals surface area contributed by atoms with Crippen molar-refractivity contribution in [1.82, 2.24) is 14.5 Å². The van der Waals surface area contributed by atoms with Gasteiger partial charge in [-0.3, -0.25) is 9.55 Å². The van der Waals surface area contributed by atoms with Crippen LogP contribution >= 0.6 is 31.9 Å². The lowest BCUT2D eigenvalue weighted by molar-refractivity contribution is 0.407. The van der Waals surface area contributed by atoms with Crippen LogP contribution in [0.4, 0.5) is 8.78 Å². The van der Waals surface area contributed by atoms with Crippen LogP contribution in [0.15, 0.2) is 39.8 Å². The Balaban J connectivity index is 2.28. The molecule has 0 radical (unpaired) electrons. The summed E-state index contributed by atoms with van der Waals surface area (Å²) in [4.78, 5) is 8.44.